The van der Waals surface area contributed by atoms with E-state index in [4.69, 9.17) is 9.97 Å². The van der Waals surface area contributed by atoms with Gasteiger partial charge in [-0.15, -0.1) is 0 Å². The fourth-order valence-electron chi connectivity index (χ4n) is 13.4. The molecular weight excluding hydrogens is 955 g/mol. The maximum absolute atomic E-state index is 5.10. The third-order valence-electron chi connectivity index (χ3n) is 16.6. The normalized spacial score (nSPS) is 13.2. The summed E-state index contributed by atoms with van der Waals surface area (Å²) < 4.78 is 7.19. The summed E-state index contributed by atoms with van der Waals surface area (Å²) in [6.45, 7) is 0. The van der Waals surface area contributed by atoms with Crippen LogP contribution in [0.2, 0.25) is 0 Å². The molecule has 0 N–H and O–H groups in total. The lowest BCUT2D eigenvalue weighted by molar-refractivity contribution is 0.720. The van der Waals surface area contributed by atoms with Crippen LogP contribution in [-0.4, -0.2) is 23.7 Å². The summed E-state index contributed by atoms with van der Waals surface area (Å²) in [7, 11) is 0. The molecule has 6 heterocycles. The molecule has 2 aliphatic rings. The highest BCUT2D eigenvalue weighted by molar-refractivity contribution is 7.99. The van der Waals surface area contributed by atoms with E-state index in [1.807, 2.05) is 24.2 Å². The Labute approximate surface area is 447 Å². The maximum Gasteiger partial charge on any atom is 0.0937 e. The number of para-hydroxylation sites is 5. The van der Waals surface area contributed by atoms with Gasteiger partial charge in [-0.25, -0.2) is 0 Å². The molecular formula is C71H43N5S. The Hall–Kier alpha value is -9.75. The molecule has 1 aliphatic carbocycles. The lowest BCUT2D eigenvalue weighted by Gasteiger charge is -2.40. The molecule has 6 heteroatoms. The smallest absolute Gasteiger partial charge is 0.0937 e. The lowest BCUT2D eigenvalue weighted by atomic mass is 9.67. The Bertz CT molecular complexity index is 4860. The van der Waals surface area contributed by atoms with Gasteiger partial charge in [0.2, 0.25) is 0 Å². The van der Waals surface area contributed by atoms with Gasteiger partial charge in [0.25, 0.3) is 0 Å². The zero-order valence-electron chi connectivity index (χ0n) is 41.5. The van der Waals surface area contributed by atoms with Gasteiger partial charge < -0.3 is 13.7 Å². The predicted molar refractivity (Wildman–Crippen MR) is 317 cm³/mol. The summed E-state index contributed by atoms with van der Waals surface area (Å²) in [5.74, 6) is 0. The van der Waals surface area contributed by atoms with Crippen molar-refractivity contribution in [2.45, 2.75) is 15.2 Å². The second kappa shape index (κ2) is 16.1. The third-order valence-corrected chi connectivity index (χ3v) is 17.8. The van der Waals surface area contributed by atoms with Crippen LogP contribution < -0.4 is 0 Å². The molecule has 1 aliphatic heterocycles. The molecule has 1 spiro atoms. The Kier molecular flexibility index (Phi) is 8.92. The molecule has 0 fully saturated rings. The zero-order valence-corrected chi connectivity index (χ0v) is 42.3. The summed E-state index contributed by atoms with van der Waals surface area (Å²) in [5.41, 5.74) is 21.3. The van der Waals surface area contributed by atoms with Crippen LogP contribution in [0.15, 0.2) is 271 Å². The molecule has 10 aromatic carbocycles. The molecule has 15 aromatic rings. The van der Waals surface area contributed by atoms with Crippen LogP contribution >= 0.6 is 11.8 Å². The number of aromatic nitrogens is 5. The first-order valence-electron chi connectivity index (χ1n) is 26.3. The number of hydrogen-bond donors (Lipinski definition) is 0. The number of hydrogen-bond acceptors (Lipinski definition) is 3. The average molecular weight is 998 g/mol. The quantitative estimate of drug-likeness (QED) is 0.172. The van der Waals surface area contributed by atoms with Crippen LogP contribution in [-0.2, 0) is 5.41 Å². The van der Waals surface area contributed by atoms with Gasteiger partial charge in [-0.05, 0) is 154 Å². The first kappa shape index (κ1) is 42.6. The van der Waals surface area contributed by atoms with Crippen molar-refractivity contribution in [3.8, 4) is 50.7 Å². The highest BCUT2D eigenvalue weighted by atomic mass is 32.2. The first-order chi connectivity index (χ1) is 38.2. The van der Waals surface area contributed by atoms with E-state index in [0.29, 0.717) is 0 Å². The Morgan fingerprint density at radius 3 is 1.29 bits per heavy atom. The zero-order chi connectivity index (χ0) is 50.3. The van der Waals surface area contributed by atoms with E-state index in [-0.39, 0.29) is 0 Å². The predicted octanol–water partition coefficient (Wildman–Crippen LogP) is 17.9. The minimum atomic E-state index is -0.673. The minimum Gasteiger partial charge on any atom is -0.309 e. The number of nitrogens with zero attached hydrogens (tertiary/aromatic N) is 5. The van der Waals surface area contributed by atoms with Crippen molar-refractivity contribution >= 4 is 77.2 Å². The Morgan fingerprint density at radius 2 is 0.727 bits per heavy atom. The Morgan fingerprint density at radius 1 is 0.299 bits per heavy atom. The van der Waals surface area contributed by atoms with E-state index >= 15 is 0 Å². The fourth-order valence-corrected chi connectivity index (χ4v) is 14.7. The summed E-state index contributed by atoms with van der Waals surface area (Å²) in [6.07, 6.45) is 3.82. The van der Waals surface area contributed by atoms with Gasteiger partial charge in [-0.3, -0.25) is 9.97 Å². The molecule has 0 saturated carbocycles. The molecule has 0 amide bonds. The van der Waals surface area contributed by atoms with Gasteiger partial charge in [0.05, 0.1) is 49.9 Å². The van der Waals surface area contributed by atoms with Crippen LogP contribution in [0.4, 0.5) is 0 Å². The van der Waals surface area contributed by atoms with Crippen LogP contribution in [0, 0.1) is 0 Å². The summed E-state index contributed by atoms with van der Waals surface area (Å²) >= 11 is 1.88. The summed E-state index contributed by atoms with van der Waals surface area (Å²) in [4.78, 5) is 12.7. The van der Waals surface area contributed by atoms with Crippen molar-refractivity contribution in [2.75, 3.05) is 0 Å². The SMILES string of the molecule is c1ccc(-n2c3ccccc3c3cc(-c4cccc5c4Sc4ccc(-c6ccc7c(c6)c6ccccc6n7-c6ccc(-n7c8ccccc8c8ccccc87)cc6)cc4C54c5cccnc5-c5ncccc54)ccc32)cc1. The number of pyridine rings is 2. The topological polar surface area (TPSA) is 40.6 Å². The maximum atomic E-state index is 5.10. The van der Waals surface area contributed by atoms with Crippen molar-refractivity contribution in [3.63, 3.8) is 0 Å². The molecule has 0 atom stereocenters. The van der Waals surface area contributed by atoms with E-state index in [2.05, 4.69) is 262 Å². The highest BCUT2D eigenvalue weighted by Crippen LogP contribution is 2.63. The molecule has 0 radical (unpaired) electrons. The van der Waals surface area contributed by atoms with Crippen molar-refractivity contribution in [1.82, 2.24) is 23.7 Å². The molecule has 0 saturated heterocycles. The molecule has 0 bridgehead atoms. The van der Waals surface area contributed by atoms with E-state index in [1.165, 1.54) is 109 Å². The van der Waals surface area contributed by atoms with Crippen LogP contribution in [0.1, 0.15) is 22.3 Å². The standard InChI is InChI=1S/C71H43N5S/c1-2-15-47(16-3-1)74-63-27-10-7-20-54(63)56-42-46(30-37-66(56)74)50-21-12-22-59-70(50)77-67-38-31-45(43-60(67)71(59)57-23-13-39-72-68(57)69-58(71)24-14-40-73-69)44-29-36-65-55(41-44)53-19-6-11-28-64(53)76(65)49-34-32-48(33-35-49)75-61-25-8-4-17-51(61)52-18-5-9-26-62(52)75/h1-43H. The monoisotopic (exact) mass is 997 g/mol. The van der Waals surface area contributed by atoms with Crippen LogP contribution in [0.5, 0.6) is 0 Å². The lowest BCUT2D eigenvalue weighted by Crippen LogP contribution is -2.32. The molecule has 17 rings (SSSR count). The summed E-state index contributed by atoms with van der Waals surface area (Å²) in [6, 6.07) is 91.7. The van der Waals surface area contributed by atoms with Crippen LogP contribution in [0.25, 0.3) is 116 Å². The van der Waals surface area contributed by atoms with E-state index in [1.54, 1.807) is 0 Å². The van der Waals surface area contributed by atoms with E-state index < -0.39 is 5.41 Å². The first-order valence-corrected chi connectivity index (χ1v) is 27.1. The average Bonchev–Trinajstić information content (AvgIpc) is 4.43. The molecule has 5 aromatic heterocycles. The van der Waals surface area contributed by atoms with Crippen LogP contribution in [0.3, 0.4) is 0 Å². The van der Waals surface area contributed by atoms with Gasteiger partial charge >= 0.3 is 0 Å². The van der Waals surface area contributed by atoms with Gasteiger partial charge in [0.1, 0.15) is 0 Å². The highest BCUT2D eigenvalue weighted by Gasteiger charge is 2.52. The fraction of sp³-hybridized carbons (Fsp3) is 0.0141. The van der Waals surface area contributed by atoms with Gasteiger partial charge in [-0.2, -0.15) is 0 Å². The van der Waals surface area contributed by atoms with Gasteiger partial charge in [0.15, 0.2) is 0 Å². The number of benzene rings is 10. The van der Waals surface area contributed by atoms with Crippen molar-refractivity contribution in [3.05, 3.63) is 283 Å². The largest absolute Gasteiger partial charge is 0.309 e. The summed E-state index contributed by atoms with van der Waals surface area (Å²) in [5, 5.41) is 7.44. The van der Waals surface area contributed by atoms with Crippen molar-refractivity contribution in [2.24, 2.45) is 0 Å². The molecule has 5 nitrogen and oxygen atoms in total. The van der Waals surface area contributed by atoms with Crippen molar-refractivity contribution in [1.29, 1.82) is 0 Å². The number of rotatable bonds is 5. The molecule has 77 heavy (non-hydrogen) atoms. The van der Waals surface area contributed by atoms with Gasteiger partial charge in [0, 0.05) is 71.6 Å². The van der Waals surface area contributed by atoms with E-state index in [9.17, 15) is 0 Å². The Balaban J connectivity index is 0.822. The second-order valence-electron chi connectivity index (χ2n) is 20.4. The van der Waals surface area contributed by atoms with E-state index in [0.717, 1.165) is 39.6 Å². The van der Waals surface area contributed by atoms with Crippen molar-refractivity contribution < 1.29 is 0 Å². The minimum absolute atomic E-state index is 0.673. The molecule has 358 valence electrons. The number of fused-ring (bicyclic) bond motifs is 18. The molecule has 0 unspecified atom stereocenters. The van der Waals surface area contributed by atoms with Gasteiger partial charge in [-0.1, -0.05) is 151 Å². The second-order valence-corrected chi connectivity index (χ2v) is 21.5. The third kappa shape index (κ3) is 5.90.